The predicted molar refractivity (Wildman–Crippen MR) is 114 cm³/mol. The molecule has 1 amide bonds. The first-order valence-electron chi connectivity index (χ1n) is 10.9. The first-order chi connectivity index (χ1) is 15.8. The van der Waals surface area contributed by atoms with Gasteiger partial charge in [0.05, 0.1) is 11.1 Å². The largest absolute Gasteiger partial charge is 0.419 e. The Morgan fingerprint density at radius 1 is 1.06 bits per heavy atom. The van der Waals surface area contributed by atoms with Crippen molar-refractivity contribution in [2.24, 2.45) is 5.92 Å². The van der Waals surface area contributed by atoms with Crippen LogP contribution in [0.3, 0.4) is 0 Å². The fourth-order valence-electron chi connectivity index (χ4n) is 5.20. The number of nitrogens with zero attached hydrogens (tertiary/aromatic N) is 5. The van der Waals surface area contributed by atoms with Gasteiger partial charge in [-0.3, -0.25) is 4.79 Å². The molecule has 1 aromatic carbocycles. The second-order valence-corrected chi connectivity index (χ2v) is 8.67. The maximum absolute atomic E-state index is 13.7. The van der Waals surface area contributed by atoms with Gasteiger partial charge in [0.1, 0.15) is 5.82 Å². The summed E-state index contributed by atoms with van der Waals surface area (Å²) in [5.41, 5.74) is 1.38. The average molecular weight is 453 g/mol. The fraction of sp³-hybridized carbons (Fsp3) is 0.375. The van der Waals surface area contributed by atoms with E-state index in [0.717, 1.165) is 42.8 Å². The van der Waals surface area contributed by atoms with Gasteiger partial charge in [-0.15, -0.1) is 0 Å². The van der Waals surface area contributed by atoms with Crippen molar-refractivity contribution in [1.82, 2.24) is 24.8 Å². The quantitative estimate of drug-likeness (QED) is 0.582. The van der Waals surface area contributed by atoms with E-state index in [2.05, 4.69) is 19.9 Å². The Bertz CT molecular complexity index is 1170. The molecule has 0 saturated carbocycles. The Morgan fingerprint density at radius 3 is 2.48 bits per heavy atom. The third-order valence-corrected chi connectivity index (χ3v) is 6.67. The van der Waals surface area contributed by atoms with Gasteiger partial charge < -0.3 is 4.90 Å². The summed E-state index contributed by atoms with van der Waals surface area (Å²) in [4.78, 5) is 32.2. The number of carbonyl (C=O) groups excluding carboxylic acids is 1. The van der Waals surface area contributed by atoms with E-state index in [0.29, 0.717) is 23.6 Å². The van der Waals surface area contributed by atoms with Crippen LogP contribution in [0.4, 0.5) is 13.2 Å². The van der Waals surface area contributed by atoms with Crippen molar-refractivity contribution in [1.29, 1.82) is 0 Å². The normalized spacial score (nSPS) is 22.1. The molecule has 0 radical (unpaired) electrons. The topological polar surface area (TPSA) is 71.9 Å². The summed E-state index contributed by atoms with van der Waals surface area (Å²) >= 11 is 0. The first-order valence-corrected chi connectivity index (χ1v) is 10.9. The third-order valence-electron chi connectivity index (χ3n) is 6.67. The van der Waals surface area contributed by atoms with Crippen molar-refractivity contribution < 1.29 is 18.0 Å². The molecular weight excluding hydrogens is 431 g/mol. The van der Waals surface area contributed by atoms with Crippen molar-refractivity contribution >= 4 is 5.91 Å². The molecule has 5 rings (SSSR count). The molecule has 33 heavy (non-hydrogen) atoms. The minimum Gasteiger partial charge on any atom is -0.332 e. The van der Waals surface area contributed by atoms with E-state index in [1.807, 2.05) is 30.0 Å². The highest BCUT2D eigenvalue weighted by Gasteiger charge is 2.49. The van der Waals surface area contributed by atoms with Crippen molar-refractivity contribution in [3.63, 3.8) is 0 Å². The lowest BCUT2D eigenvalue weighted by atomic mass is 9.86. The van der Waals surface area contributed by atoms with Gasteiger partial charge in [0.25, 0.3) is 5.91 Å². The standard InChI is InChI=1S/C24H22F3N5O/c1-14-4-2-5-18(21(14)22-28-8-3-9-29-22)23(33)32-17-6-7-19(32)15(10-17)11-20-30-12-16(13-31-20)24(25,26)27/h2-5,8-9,12-13,15,17,19H,6-7,10-11H2,1H3. The lowest BCUT2D eigenvalue weighted by Gasteiger charge is -2.25. The molecule has 3 atom stereocenters. The van der Waals surface area contributed by atoms with Crippen molar-refractivity contribution in [2.75, 3.05) is 0 Å². The number of halogens is 3. The van der Waals surface area contributed by atoms with Crippen LogP contribution < -0.4 is 0 Å². The number of aryl methyl sites for hydroxylation is 1. The highest BCUT2D eigenvalue weighted by molar-refractivity contribution is 6.01. The lowest BCUT2D eigenvalue weighted by Crippen LogP contribution is -2.37. The molecule has 3 unspecified atom stereocenters. The van der Waals surface area contributed by atoms with Crippen LogP contribution in [0.5, 0.6) is 0 Å². The molecule has 2 aliphatic rings. The van der Waals surface area contributed by atoms with Crippen LogP contribution in [0.1, 0.15) is 46.6 Å². The second kappa shape index (κ2) is 8.20. The zero-order valence-corrected chi connectivity index (χ0v) is 18.0. The molecule has 0 spiro atoms. The minimum atomic E-state index is -4.46. The molecule has 170 valence electrons. The molecule has 0 aliphatic carbocycles. The summed E-state index contributed by atoms with van der Waals surface area (Å²) in [6.45, 7) is 1.94. The molecule has 2 fully saturated rings. The number of hydrogen-bond donors (Lipinski definition) is 0. The van der Waals surface area contributed by atoms with Crippen LogP contribution in [-0.2, 0) is 12.6 Å². The van der Waals surface area contributed by atoms with Crippen molar-refractivity contribution in [3.8, 4) is 11.4 Å². The Morgan fingerprint density at radius 2 is 1.79 bits per heavy atom. The molecular formula is C24H22F3N5O. The number of hydrogen-bond acceptors (Lipinski definition) is 5. The number of amides is 1. The van der Waals surface area contributed by atoms with Gasteiger partial charge in [-0.25, -0.2) is 19.9 Å². The van der Waals surface area contributed by atoms with Gasteiger partial charge in [0.15, 0.2) is 5.82 Å². The Hall–Kier alpha value is -3.36. The van der Waals surface area contributed by atoms with E-state index in [1.54, 1.807) is 18.5 Å². The third kappa shape index (κ3) is 3.96. The van der Waals surface area contributed by atoms with Crippen LogP contribution in [0.15, 0.2) is 49.1 Å². The summed E-state index contributed by atoms with van der Waals surface area (Å²) in [6, 6.07) is 7.46. The monoisotopic (exact) mass is 453 g/mol. The zero-order chi connectivity index (χ0) is 23.2. The maximum Gasteiger partial charge on any atom is 0.419 e. The van der Waals surface area contributed by atoms with Gasteiger partial charge in [-0.1, -0.05) is 12.1 Å². The highest BCUT2D eigenvalue weighted by atomic mass is 19.4. The molecule has 2 aliphatic heterocycles. The molecule has 6 nitrogen and oxygen atoms in total. The number of aromatic nitrogens is 4. The Kier molecular flexibility index (Phi) is 5.34. The summed E-state index contributed by atoms with van der Waals surface area (Å²) in [5.74, 6) is 0.956. The second-order valence-electron chi connectivity index (χ2n) is 8.67. The number of carbonyl (C=O) groups is 1. The average Bonchev–Trinajstić information content (AvgIpc) is 3.36. The van der Waals surface area contributed by atoms with E-state index in [1.165, 1.54) is 0 Å². The molecule has 3 aromatic rings. The highest BCUT2D eigenvalue weighted by Crippen LogP contribution is 2.44. The van der Waals surface area contributed by atoms with Crippen LogP contribution in [0, 0.1) is 12.8 Å². The van der Waals surface area contributed by atoms with Gasteiger partial charge >= 0.3 is 6.18 Å². The van der Waals surface area contributed by atoms with Crippen LogP contribution >= 0.6 is 0 Å². The summed E-state index contributed by atoms with van der Waals surface area (Å²) < 4.78 is 38.4. The minimum absolute atomic E-state index is 0.0125. The van der Waals surface area contributed by atoms with Gasteiger partial charge in [-0.2, -0.15) is 13.2 Å². The lowest BCUT2D eigenvalue weighted by molar-refractivity contribution is -0.138. The van der Waals surface area contributed by atoms with Gasteiger partial charge in [0.2, 0.25) is 0 Å². The van der Waals surface area contributed by atoms with Crippen LogP contribution in [-0.4, -0.2) is 42.8 Å². The molecule has 2 aromatic heterocycles. The molecule has 2 bridgehead atoms. The predicted octanol–water partition coefficient (Wildman–Crippen LogP) is 4.50. The molecule has 9 heteroatoms. The van der Waals surface area contributed by atoms with Crippen molar-refractivity contribution in [2.45, 2.75) is 50.9 Å². The van der Waals surface area contributed by atoms with E-state index in [4.69, 9.17) is 0 Å². The molecule has 0 N–H and O–H groups in total. The molecule has 4 heterocycles. The van der Waals surface area contributed by atoms with Gasteiger partial charge in [-0.05, 0) is 49.8 Å². The number of benzene rings is 1. The number of alkyl halides is 3. The van der Waals surface area contributed by atoms with E-state index in [-0.39, 0.29) is 23.9 Å². The molecule has 2 saturated heterocycles. The van der Waals surface area contributed by atoms with Gasteiger partial charge in [0, 0.05) is 48.9 Å². The SMILES string of the molecule is Cc1cccc(C(=O)N2C3CCC2C(Cc2ncc(C(F)(F)F)cn2)C3)c1-c1ncccn1. The summed E-state index contributed by atoms with van der Waals surface area (Å²) in [7, 11) is 0. The van der Waals surface area contributed by atoms with E-state index >= 15 is 0 Å². The first kappa shape index (κ1) is 21.5. The van der Waals surface area contributed by atoms with Crippen molar-refractivity contribution in [3.05, 3.63) is 71.6 Å². The number of fused-ring (bicyclic) bond motifs is 2. The van der Waals surface area contributed by atoms with Crippen LogP contribution in [0.2, 0.25) is 0 Å². The smallest absolute Gasteiger partial charge is 0.332 e. The van der Waals surface area contributed by atoms with E-state index in [9.17, 15) is 18.0 Å². The zero-order valence-electron chi connectivity index (χ0n) is 18.0. The fourth-order valence-corrected chi connectivity index (χ4v) is 5.20. The number of rotatable bonds is 4. The van der Waals surface area contributed by atoms with Crippen LogP contribution in [0.25, 0.3) is 11.4 Å². The van der Waals surface area contributed by atoms with E-state index < -0.39 is 11.7 Å². The summed E-state index contributed by atoms with van der Waals surface area (Å²) in [6.07, 6.45) is 3.55. The Balaban J connectivity index is 1.39. The Labute approximate surface area is 188 Å². The summed E-state index contributed by atoms with van der Waals surface area (Å²) in [5, 5.41) is 0. The maximum atomic E-state index is 13.7.